The van der Waals surface area contributed by atoms with E-state index in [1.165, 1.54) is 6.42 Å². The molecule has 0 amide bonds. The van der Waals surface area contributed by atoms with E-state index in [-0.39, 0.29) is 0 Å². The highest BCUT2D eigenvalue weighted by atomic mass is 35.5. The lowest BCUT2D eigenvalue weighted by atomic mass is 10.5. The molecule has 2 atom stereocenters. The molecule has 1 aliphatic carbocycles. The molecule has 1 aliphatic rings. The fourth-order valence-electron chi connectivity index (χ4n) is 1.08. The molecule has 3 nitrogen and oxygen atoms in total. The van der Waals surface area contributed by atoms with Crippen molar-refractivity contribution in [3.8, 4) is 0 Å². The molecule has 1 fully saturated rings. The number of hydrogen-bond acceptors (Lipinski definition) is 3. The Labute approximate surface area is 76.2 Å². The van der Waals surface area contributed by atoms with Crippen molar-refractivity contribution < 1.29 is 0 Å². The zero-order chi connectivity index (χ0) is 8.55. The highest BCUT2D eigenvalue weighted by Crippen LogP contribution is 2.31. The van der Waals surface area contributed by atoms with Crippen LogP contribution in [0.15, 0.2) is 12.4 Å². The molecule has 0 aliphatic heterocycles. The van der Waals surface area contributed by atoms with Crippen LogP contribution in [0.1, 0.15) is 13.3 Å². The van der Waals surface area contributed by atoms with Crippen molar-refractivity contribution in [2.75, 3.05) is 5.32 Å². The summed E-state index contributed by atoms with van der Waals surface area (Å²) < 4.78 is 0. The fraction of sp³-hybridized carbons (Fsp3) is 0.500. The average molecular weight is 184 g/mol. The third-order valence-electron chi connectivity index (χ3n) is 2.04. The summed E-state index contributed by atoms with van der Waals surface area (Å²) in [7, 11) is 0. The van der Waals surface area contributed by atoms with E-state index >= 15 is 0 Å². The third-order valence-corrected chi connectivity index (χ3v) is 2.24. The predicted molar refractivity (Wildman–Crippen MR) is 48.2 cm³/mol. The van der Waals surface area contributed by atoms with E-state index in [1.807, 2.05) is 0 Å². The van der Waals surface area contributed by atoms with Crippen LogP contribution in [0.2, 0.25) is 5.02 Å². The fourth-order valence-corrected chi connectivity index (χ4v) is 1.17. The maximum Gasteiger partial charge on any atom is 0.222 e. The van der Waals surface area contributed by atoms with Crippen LogP contribution in [0.4, 0.5) is 5.95 Å². The van der Waals surface area contributed by atoms with E-state index < -0.39 is 0 Å². The van der Waals surface area contributed by atoms with Gasteiger partial charge in [0.05, 0.1) is 17.4 Å². The number of nitrogens with zero attached hydrogens (tertiary/aromatic N) is 2. The zero-order valence-corrected chi connectivity index (χ0v) is 7.54. The zero-order valence-electron chi connectivity index (χ0n) is 6.79. The Kier molecular flexibility index (Phi) is 1.89. The lowest BCUT2D eigenvalue weighted by molar-refractivity contribution is 0.914. The molecule has 0 bridgehead atoms. The van der Waals surface area contributed by atoms with Gasteiger partial charge in [0, 0.05) is 6.04 Å². The molecule has 0 spiro atoms. The second-order valence-corrected chi connectivity index (χ2v) is 3.63. The van der Waals surface area contributed by atoms with Gasteiger partial charge >= 0.3 is 0 Å². The molecule has 1 aromatic rings. The van der Waals surface area contributed by atoms with Gasteiger partial charge in [0.15, 0.2) is 0 Å². The molecule has 0 radical (unpaired) electrons. The van der Waals surface area contributed by atoms with Crippen molar-refractivity contribution >= 4 is 17.5 Å². The van der Waals surface area contributed by atoms with Crippen LogP contribution in [0.5, 0.6) is 0 Å². The number of hydrogen-bond donors (Lipinski definition) is 1. The highest BCUT2D eigenvalue weighted by molar-refractivity contribution is 6.30. The van der Waals surface area contributed by atoms with Crippen LogP contribution in [0.3, 0.4) is 0 Å². The normalized spacial score (nSPS) is 26.8. The number of nitrogens with one attached hydrogen (secondary N) is 1. The van der Waals surface area contributed by atoms with Crippen LogP contribution in [0, 0.1) is 5.92 Å². The Morgan fingerprint density at radius 1 is 1.50 bits per heavy atom. The van der Waals surface area contributed by atoms with Gasteiger partial charge in [-0.2, -0.15) is 0 Å². The van der Waals surface area contributed by atoms with E-state index in [4.69, 9.17) is 11.6 Å². The summed E-state index contributed by atoms with van der Waals surface area (Å²) in [5.41, 5.74) is 0. The second-order valence-electron chi connectivity index (χ2n) is 3.19. The summed E-state index contributed by atoms with van der Waals surface area (Å²) >= 11 is 5.64. The molecule has 0 saturated heterocycles. The van der Waals surface area contributed by atoms with Gasteiger partial charge in [0.25, 0.3) is 0 Å². The SMILES string of the molecule is CC1CC1Nc1ncc(Cl)cn1. The second kappa shape index (κ2) is 2.90. The largest absolute Gasteiger partial charge is 0.351 e. The number of rotatable bonds is 2. The molecule has 2 rings (SSSR count). The smallest absolute Gasteiger partial charge is 0.222 e. The summed E-state index contributed by atoms with van der Waals surface area (Å²) in [4.78, 5) is 8.08. The Bertz CT molecular complexity index is 272. The minimum absolute atomic E-state index is 0.561. The first-order chi connectivity index (χ1) is 5.75. The first kappa shape index (κ1) is 7.80. The number of anilines is 1. The molecule has 1 aromatic heterocycles. The summed E-state index contributed by atoms with van der Waals surface area (Å²) in [6.07, 6.45) is 4.42. The maximum atomic E-state index is 5.64. The van der Waals surface area contributed by atoms with Crippen LogP contribution < -0.4 is 5.32 Å². The summed E-state index contributed by atoms with van der Waals surface area (Å²) in [5.74, 6) is 1.43. The van der Waals surface area contributed by atoms with Gasteiger partial charge in [0.1, 0.15) is 0 Å². The van der Waals surface area contributed by atoms with E-state index in [2.05, 4.69) is 22.2 Å². The van der Waals surface area contributed by atoms with Gasteiger partial charge < -0.3 is 5.32 Å². The lowest BCUT2D eigenvalue weighted by Crippen LogP contribution is -2.06. The standard InChI is InChI=1S/C8H10ClN3/c1-5-2-7(5)12-8-10-3-6(9)4-11-8/h3-5,7H,2H2,1H3,(H,10,11,12). The molecular weight excluding hydrogens is 174 g/mol. The third kappa shape index (κ3) is 1.67. The average Bonchev–Trinajstić information content (AvgIpc) is 2.72. The Hall–Kier alpha value is -0.830. The van der Waals surface area contributed by atoms with E-state index in [9.17, 15) is 0 Å². The Balaban J connectivity index is 2.00. The molecule has 1 N–H and O–H groups in total. The molecule has 64 valence electrons. The van der Waals surface area contributed by atoms with Crippen molar-refractivity contribution in [2.45, 2.75) is 19.4 Å². The van der Waals surface area contributed by atoms with Gasteiger partial charge in [-0.05, 0) is 12.3 Å². The van der Waals surface area contributed by atoms with E-state index in [1.54, 1.807) is 12.4 Å². The van der Waals surface area contributed by atoms with Crippen molar-refractivity contribution in [1.29, 1.82) is 0 Å². The van der Waals surface area contributed by atoms with Crippen molar-refractivity contribution in [3.63, 3.8) is 0 Å². The number of aromatic nitrogens is 2. The Morgan fingerprint density at radius 2 is 2.08 bits per heavy atom. The van der Waals surface area contributed by atoms with Crippen LogP contribution in [-0.4, -0.2) is 16.0 Å². The molecule has 1 heterocycles. The van der Waals surface area contributed by atoms with E-state index in [0.29, 0.717) is 17.0 Å². The first-order valence-corrected chi connectivity index (χ1v) is 4.37. The maximum absolute atomic E-state index is 5.64. The monoisotopic (exact) mass is 183 g/mol. The minimum atomic E-state index is 0.561. The number of halogens is 1. The molecular formula is C8H10ClN3. The topological polar surface area (TPSA) is 37.8 Å². The minimum Gasteiger partial charge on any atom is -0.351 e. The van der Waals surface area contributed by atoms with Crippen LogP contribution in [0.25, 0.3) is 0 Å². The van der Waals surface area contributed by atoms with Gasteiger partial charge in [-0.3, -0.25) is 0 Å². The van der Waals surface area contributed by atoms with Gasteiger partial charge in [-0.15, -0.1) is 0 Å². The van der Waals surface area contributed by atoms with Crippen LogP contribution in [-0.2, 0) is 0 Å². The summed E-state index contributed by atoms with van der Waals surface area (Å²) in [6, 6.07) is 0.561. The lowest BCUT2D eigenvalue weighted by Gasteiger charge is -2.00. The molecule has 1 saturated carbocycles. The van der Waals surface area contributed by atoms with Crippen molar-refractivity contribution in [1.82, 2.24) is 9.97 Å². The highest BCUT2D eigenvalue weighted by Gasteiger charge is 2.32. The molecule has 4 heteroatoms. The molecule has 0 aromatic carbocycles. The van der Waals surface area contributed by atoms with Gasteiger partial charge in [0.2, 0.25) is 5.95 Å². The summed E-state index contributed by atoms with van der Waals surface area (Å²) in [5, 5.41) is 3.79. The van der Waals surface area contributed by atoms with Crippen molar-refractivity contribution in [2.24, 2.45) is 5.92 Å². The first-order valence-electron chi connectivity index (χ1n) is 4.00. The molecule has 12 heavy (non-hydrogen) atoms. The summed E-state index contributed by atoms with van der Waals surface area (Å²) in [6.45, 7) is 2.20. The quantitative estimate of drug-likeness (QED) is 0.762. The van der Waals surface area contributed by atoms with Gasteiger partial charge in [-0.1, -0.05) is 18.5 Å². The Morgan fingerprint density at radius 3 is 2.58 bits per heavy atom. The molecule has 2 unspecified atom stereocenters. The predicted octanol–water partition coefficient (Wildman–Crippen LogP) is 1.95. The van der Waals surface area contributed by atoms with E-state index in [0.717, 1.165) is 5.92 Å². The van der Waals surface area contributed by atoms with Crippen molar-refractivity contribution in [3.05, 3.63) is 17.4 Å². The van der Waals surface area contributed by atoms with Gasteiger partial charge in [-0.25, -0.2) is 9.97 Å². The van der Waals surface area contributed by atoms with Crippen LogP contribution >= 0.6 is 11.6 Å².